The van der Waals surface area contributed by atoms with Gasteiger partial charge in [0.15, 0.2) is 0 Å². The predicted molar refractivity (Wildman–Crippen MR) is 76.2 cm³/mol. The van der Waals surface area contributed by atoms with Gasteiger partial charge >= 0.3 is 0 Å². The van der Waals surface area contributed by atoms with Gasteiger partial charge in [0.1, 0.15) is 0 Å². The number of nitrogens with one attached hydrogen (secondary N) is 1. The van der Waals surface area contributed by atoms with Crippen molar-refractivity contribution in [3.05, 3.63) is 0 Å². The molecule has 0 aromatic rings. The van der Waals surface area contributed by atoms with Crippen LogP contribution in [0.25, 0.3) is 0 Å². The highest BCUT2D eigenvalue weighted by molar-refractivity contribution is 4.67. The molecule has 0 amide bonds. The lowest BCUT2D eigenvalue weighted by Gasteiger charge is -2.21. The molecule has 0 fully saturated rings. The van der Waals surface area contributed by atoms with Gasteiger partial charge in [0.05, 0.1) is 0 Å². The molecule has 0 bridgehead atoms. The fraction of sp³-hybridized carbons (Fsp3) is 1.00. The molecule has 0 rings (SSSR count). The van der Waals surface area contributed by atoms with Crippen LogP contribution < -0.4 is 5.32 Å². The van der Waals surface area contributed by atoms with Crippen LogP contribution >= 0.6 is 0 Å². The third-order valence-corrected chi connectivity index (χ3v) is 3.07. The van der Waals surface area contributed by atoms with Crippen LogP contribution in [-0.4, -0.2) is 24.8 Å². The summed E-state index contributed by atoms with van der Waals surface area (Å²) in [4.78, 5) is 0. The Balaban J connectivity index is 3.69. The van der Waals surface area contributed by atoms with Gasteiger partial charge in [-0.3, -0.25) is 0 Å². The zero-order valence-electron chi connectivity index (χ0n) is 12.6. The van der Waals surface area contributed by atoms with E-state index in [1.165, 1.54) is 19.3 Å². The lowest BCUT2D eigenvalue weighted by atomic mass is 9.92. The Morgan fingerprint density at radius 3 is 2.12 bits per heavy atom. The van der Waals surface area contributed by atoms with E-state index in [1.54, 1.807) is 0 Å². The quantitative estimate of drug-likeness (QED) is 0.608. The fourth-order valence-electron chi connectivity index (χ4n) is 1.95. The molecule has 0 aliphatic rings. The Hall–Kier alpha value is -0.0800. The molecule has 2 nitrogen and oxygen atoms in total. The van der Waals surface area contributed by atoms with Gasteiger partial charge in [-0.05, 0) is 43.2 Å². The summed E-state index contributed by atoms with van der Waals surface area (Å²) in [6.45, 7) is 13.8. The average molecular weight is 243 g/mol. The molecule has 0 aliphatic heterocycles. The van der Waals surface area contributed by atoms with E-state index in [4.69, 9.17) is 5.11 Å². The van der Waals surface area contributed by atoms with Gasteiger partial charge in [-0.2, -0.15) is 0 Å². The molecule has 0 aliphatic carbocycles. The third kappa shape index (κ3) is 12.2. The summed E-state index contributed by atoms with van der Waals surface area (Å²) < 4.78 is 0. The molecular formula is C15H33NO. The normalized spacial score (nSPS) is 14.3. The smallest absolute Gasteiger partial charge is 0.0433 e. The molecule has 2 heteroatoms. The van der Waals surface area contributed by atoms with Crippen molar-refractivity contribution < 1.29 is 5.11 Å². The summed E-state index contributed by atoms with van der Waals surface area (Å²) in [5.41, 5.74) is 0.365. The number of aliphatic hydroxyl groups is 1. The van der Waals surface area contributed by atoms with Gasteiger partial charge in [0.25, 0.3) is 0 Å². The first-order valence-electron chi connectivity index (χ1n) is 7.16. The minimum Gasteiger partial charge on any atom is -0.396 e. The van der Waals surface area contributed by atoms with E-state index in [0.717, 1.165) is 25.4 Å². The second kappa shape index (κ2) is 8.93. The summed E-state index contributed by atoms with van der Waals surface area (Å²) in [5, 5.41) is 12.6. The largest absolute Gasteiger partial charge is 0.396 e. The minimum atomic E-state index is 0.335. The van der Waals surface area contributed by atoms with Crippen LogP contribution in [0.5, 0.6) is 0 Å². The van der Waals surface area contributed by atoms with Crippen molar-refractivity contribution in [2.45, 2.75) is 60.3 Å². The molecule has 0 aromatic carbocycles. The van der Waals surface area contributed by atoms with Crippen LogP contribution in [0.1, 0.15) is 60.3 Å². The maximum atomic E-state index is 9.07. The first-order chi connectivity index (χ1) is 7.85. The maximum absolute atomic E-state index is 9.07. The van der Waals surface area contributed by atoms with E-state index in [9.17, 15) is 0 Å². The molecule has 0 aromatic heterocycles. The Bertz CT molecular complexity index is 172. The van der Waals surface area contributed by atoms with Gasteiger partial charge in [-0.1, -0.05) is 47.5 Å². The van der Waals surface area contributed by atoms with Crippen LogP contribution in [0.2, 0.25) is 0 Å². The van der Waals surface area contributed by atoms with E-state index in [2.05, 4.69) is 39.9 Å². The molecular weight excluding hydrogens is 210 g/mol. The number of hydrogen-bond donors (Lipinski definition) is 2. The Kier molecular flexibility index (Phi) is 8.89. The first kappa shape index (κ1) is 16.9. The Labute approximate surface area is 108 Å². The molecule has 17 heavy (non-hydrogen) atoms. The SMILES string of the molecule is CC(C)CC[C@@H](CCO)CCNCC(C)(C)C. The predicted octanol–water partition coefficient (Wildman–Crippen LogP) is 3.45. The molecule has 1 atom stereocenters. The van der Waals surface area contributed by atoms with Crippen LogP contribution in [0, 0.1) is 17.3 Å². The lowest BCUT2D eigenvalue weighted by molar-refractivity contribution is 0.238. The topological polar surface area (TPSA) is 32.3 Å². The second-order valence-electron chi connectivity index (χ2n) is 6.88. The molecule has 0 radical (unpaired) electrons. The molecule has 0 unspecified atom stereocenters. The average Bonchev–Trinajstić information content (AvgIpc) is 2.19. The van der Waals surface area contributed by atoms with Crippen molar-refractivity contribution in [2.24, 2.45) is 17.3 Å². The Morgan fingerprint density at radius 1 is 1.00 bits per heavy atom. The van der Waals surface area contributed by atoms with Crippen molar-refractivity contribution in [2.75, 3.05) is 19.7 Å². The highest BCUT2D eigenvalue weighted by Gasteiger charge is 2.11. The van der Waals surface area contributed by atoms with Crippen LogP contribution in [-0.2, 0) is 0 Å². The highest BCUT2D eigenvalue weighted by Crippen LogP contribution is 2.18. The molecule has 0 saturated carbocycles. The molecule has 2 N–H and O–H groups in total. The minimum absolute atomic E-state index is 0.335. The summed E-state index contributed by atoms with van der Waals surface area (Å²) in [7, 11) is 0. The van der Waals surface area contributed by atoms with Crippen molar-refractivity contribution in [3.8, 4) is 0 Å². The van der Waals surface area contributed by atoms with E-state index in [-0.39, 0.29) is 0 Å². The van der Waals surface area contributed by atoms with Crippen LogP contribution in [0.15, 0.2) is 0 Å². The van der Waals surface area contributed by atoms with Gasteiger partial charge in [0, 0.05) is 6.61 Å². The van der Waals surface area contributed by atoms with Gasteiger partial charge < -0.3 is 10.4 Å². The van der Waals surface area contributed by atoms with Crippen LogP contribution in [0.4, 0.5) is 0 Å². The standard InChI is InChI=1S/C15H33NO/c1-13(2)6-7-14(9-11-17)8-10-16-12-15(3,4)5/h13-14,16-17H,6-12H2,1-5H3/t14-/m1/s1. The summed E-state index contributed by atoms with van der Waals surface area (Å²) in [6.07, 6.45) is 4.70. The third-order valence-electron chi connectivity index (χ3n) is 3.07. The second-order valence-corrected chi connectivity index (χ2v) is 6.88. The monoisotopic (exact) mass is 243 g/mol. The van der Waals surface area contributed by atoms with Crippen molar-refractivity contribution in [1.82, 2.24) is 5.32 Å². The van der Waals surface area contributed by atoms with E-state index >= 15 is 0 Å². The number of rotatable bonds is 9. The molecule has 0 heterocycles. The summed E-state index contributed by atoms with van der Waals surface area (Å²) >= 11 is 0. The van der Waals surface area contributed by atoms with E-state index < -0.39 is 0 Å². The number of aliphatic hydroxyl groups excluding tert-OH is 1. The van der Waals surface area contributed by atoms with Gasteiger partial charge in [-0.25, -0.2) is 0 Å². The van der Waals surface area contributed by atoms with E-state index in [1.807, 2.05) is 0 Å². The van der Waals surface area contributed by atoms with Gasteiger partial charge in [0.2, 0.25) is 0 Å². The zero-order chi connectivity index (χ0) is 13.3. The van der Waals surface area contributed by atoms with Crippen molar-refractivity contribution in [1.29, 1.82) is 0 Å². The van der Waals surface area contributed by atoms with Crippen LogP contribution in [0.3, 0.4) is 0 Å². The highest BCUT2D eigenvalue weighted by atomic mass is 16.3. The summed E-state index contributed by atoms with van der Waals surface area (Å²) in [6, 6.07) is 0. The van der Waals surface area contributed by atoms with Gasteiger partial charge in [-0.15, -0.1) is 0 Å². The van der Waals surface area contributed by atoms with Crippen molar-refractivity contribution >= 4 is 0 Å². The lowest BCUT2D eigenvalue weighted by Crippen LogP contribution is -2.28. The van der Waals surface area contributed by atoms with E-state index in [0.29, 0.717) is 17.9 Å². The number of hydrogen-bond acceptors (Lipinski definition) is 2. The Morgan fingerprint density at radius 2 is 1.65 bits per heavy atom. The molecule has 0 spiro atoms. The fourth-order valence-corrected chi connectivity index (χ4v) is 1.95. The molecule has 104 valence electrons. The maximum Gasteiger partial charge on any atom is 0.0433 e. The summed E-state index contributed by atoms with van der Waals surface area (Å²) in [5.74, 6) is 1.47. The first-order valence-corrected chi connectivity index (χ1v) is 7.16. The van der Waals surface area contributed by atoms with Crippen molar-refractivity contribution in [3.63, 3.8) is 0 Å². The zero-order valence-corrected chi connectivity index (χ0v) is 12.6. The molecule has 0 saturated heterocycles.